The predicted octanol–water partition coefficient (Wildman–Crippen LogP) is 12.0. The van der Waals surface area contributed by atoms with E-state index in [0.29, 0.717) is 0 Å². The van der Waals surface area contributed by atoms with Crippen LogP contribution in [0.5, 0.6) is 0 Å². The van der Waals surface area contributed by atoms with E-state index in [4.69, 9.17) is 0 Å². The highest BCUT2D eigenvalue weighted by molar-refractivity contribution is 6.08. The molecule has 0 aliphatic carbocycles. The van der Waals surface area contributed by atoms with Crippen LogP contribution in [0, 0.1) is 0 Å². The topological polar surface area (TPSA) is 6.25 Å². The highest BCUT2D eigenvalue weighted by atomic mass is 15.2. The third-order valence-electron chi connectivity index (χ3n) is 11.5. The summed E-state index contributed by atoms with van der Waals surface area (Å²) in [4.78, 5) is 2.38. The van der Waals surface area contributed by atoms with Crippen molar-refractivity contribution in [3.05, 3.63) is 216 Å². The van der Waals surface area contributed by atoms with Crippen molar-refractivity contribution in [2.75, 3.05) is 19.0 Å². The van der Waals surface area contributed by atoms with Crippen molar-refractivity contribution in [3.63, 3.8) is 0 Å². The number of hydrogen-bond acceptors (Lipinski definition) is 1. The summed E-state index contributed by atoms with van der Waals surface area (Å²) in [5.41, 5.74) is 10.4. The molecule has 2 heterocycles. The standard InChI is InChI=1S/C51H47N2/c1-50(36-38-22-12-10-13-23-38)46(52(3)44-34-32-40-26-18-20-28-42(40)48(44)50)30-16-8-6-5-7-9-17-31-47-51(2,37-39-24-14-11-15-25-39)49-43-29-21-19-27-41(43)33-35-45(49)53(47)4/h5-35H,36-37H2,1-4H3/q+1. The maximum absolute atomic E-state index is 2.41. The number of fused-ring (bicyclic) bond motifs is 6. The second-order valence-electron chi connectivity index (χ2n) is 14.9. The molecule has 0 fully saturated rings. The predicted molar refractivity (Wildman–Crippen MR) is 227 cm³/mol. The van der Waals surface area contributed by atoms with Gasteiger partial charge in [0.15, 0.2) is 5.71 Å². The van der Waals surface area contributed by atoms with Gasteiger partial charge in [-0.25, -0.2) is 0 Å². The monoisotopic (exact) mass is 687 g/mol. The van der Waals surface area contributed by atoms with Crippen molar-refractivity contribution in [2.45, 2.75) is 37.5 Å². The molecule has 0 spiro atoms. The molecule has 53 heavy (non-hydrogen) atoms. The van der Waals surface area contributed by atoms with Crippen LogP contribution in [0.3, 0.4) is 0 Å². The maximum Gasteiger partial charge on any atom is 0.210 e. The number of benzene rings is 6. The first kappa shape index (κ1) is 34.1. The second-order valence-corrected chi connectivity index (χ2v) is 14.9. The summed E-state index contributed by atoms with van der Waals surface area (Å²) in [5.74, 6) is 0. The third-order valence-corrected chi connectivity index (χ3v) is 11.5. The maximum atomic E-state index is 2.41. The van der Waals surface area contributed by atoms with Crippen LogP contribution in [0.1, 0.15) is 36.1 Å². The van der Waals surface area contributed by atoms with Gasteiger partial charge >= 0.3 is 0 Å². The van der Waals surface area contributed by atoms with Crippen LogP contribution >= 0.6 is 0 Å². The smallest absolute Gasteiger partial charge is 0.210 e. The van der Waals surface area contributed by atoms with E-state index in [1.165, 1.54) is 66.6 Å². The molecular weight excluding hydrogens is 641 g/mol. The number of likely N-dealkylation sites (N-methyl/N-ethyl adjacent to an activating group) is 1. The van der Waals surface area contributed by atoms with Crippen LogP contribution in [0.4, 0.5) is 11.4 Å². The molecule has 2 aliphatic heterocycles. The van der Waals surface area contributed by atoms with Gasteiger partial charge in [0.2, 0.25) is 5.69 Å². The summed E-state index contributed by atoms with van der Waals surface area (Å²) in [6, 6.07) is 48.5. The van der Waals surface area contributed by atoms with E-state index in [9.17, 15) is 0 Å². The van der Waals surface area contributed by atoms with Crippen molar-refractivity contribution >= 4 is 38.6 Å². The van der Waals surface area contributed by atoms with Gasteiger partial charge in [0.1, 0.15) is 7.05 Å². The van der Waals surface area contributed by atoms with Crippen molar-refractivity contribution in [1.82, 2.24) is 0 Å². The van der Waals surface area contributed by atoms with Gasteiger partial charge in [-0.15, -0.1) is 0 Å². The minimum atomic E-state index is -0.170. The van der Waals surface area contributed by atoms with Gasteiger partial charge in [0.25, 0.3) is 0 Å². The van der Waals surface area contributed by atoms with Gasteiger partial charge < -0.3 is 4.90 Å². The van der Waals surface area contributed by atoms with Gasteiger partial charge in [-0.05, 0) is 83.1 Å². The Balaban J connectivity index is 1.03. The zero-order valence-electron chi connectivity index (χ0n) is 31.2. The first-order valence-corrected chi connectivity index (χ1v) is 18.7. The Morgan fingerprint density at radius 1 is 0.528 bits per heavy atom. The lowest BCUT2D eigenvalue weighted by Crippen LogP contribution is -2.33. The van der Waals surface area contributed by atoms with Gasteiger partial charge in [-0.1, -0.05) is 158 Å². The minimum Gasteiger partial charge on any atom is -0.347 e. The Hall–Kier alpha value is -5.99. The molecule has 0 radical (unpaired) electrons. The van der Waals surface area contributed by atoms with Crippen LogP contribution in [-0.2, 0) is 23.7 Å². The Labute approximate surface area is 314 Å². The van der Waals surface area contributed by atoms with E-state index >= 15 is 0 Å². The van der Waals surface area contributed by atoms with Crippen molar-refractivity contribution in [2.24, 2.45) is 0 Å². The molecule has 0 bridgehead atoms. The molecule has 6 aromatic carbocycles. The highest BCUT2D eigenvalue weighted by Gasteiger charge is 2.48. The van der Waals surface area contributed by atoms with Crippen molar-refractivity contribution < 1.29 is 4.58 Å². The normalized spacial score (nSPS) is 20.8. The average molecular weight is 688 g/mol. The Morgan fingerprint density at radius 2 is 1.04 bits per heavy atom. The van der Waals surface area contributed by atoms with Crippen LogP contribution in [0.2, 0.25) is 0 Å². The van der Waals surface area contributed by atoms with Crippen LogP contribution in [-0.4, -0.2) is 24.4 Å². The lowest BCUT2D eigenvalue weighted by Gasteiger charge is -2.29. The fraction of sp³-hybridized carbons (Fsp3) is 0.157. The van der Waals surface area contributed by atoms with E-state index in [1.54, 1.807) is 0 Å². The molecule has 6 aromatic rings. The molecule has 2 atom stereocenters. The van der Waals surface area contributed by atoms with Crippen LogP contribution in [0.15, 0.2) is 194 Å². The van der Waals surface area contributed by atoms with Crippen LogP contribution in [0.25, 0.3) is 21.5 Å². The minimum absolute atomic E-state index is 0.170. The van der Waals surface area contributed by atoms with Crippen LogP contribution < -0.4 is 4.90 Å². The quantitative estimate of drug-likeness (QED) is 0.108. The molecule has 2 unspecified atom stereocenters. The second kappa shape index (κ2) is 14.2. The fourth-order valence-corrected chi connectivity index (χ4v) is 9.07. The number of nitrogens with zero attached hydrogens (tertiary/aromatic N) is 2. The number of rotatable bonds is 9. The summed E-state index contributed by atoms with van der Waals surface area (Å²) in [6.45, 7) is 4.82. The first-order valence-electron chi connectivity index (χ1n) is 18.7. The van der Waals surface area contributed by atoms with Gasteiger partial charge in [0.05, 0.1) is 5.41 Å². The molecule has 2 aliphatic rings. The number of allylic oxidation sites excluding steroid dienone is 10. The molecule has 0 saturated carbocycles. The van der Waals surface area contributed by atoms with Gasteiger partial charge in [-0.3, -0.25) is 0 Å². The molecule has 0 N–H and O–H groups in total. The van der Waals surface area contributed by atoms with E-state index in [1.807, 2.05) is 0 Å². The fourth-order valence-electron chi connectivity index (χ4n) is 9.07. The molecule has 0 aromatic heterocycles. The Bertz CT molecular complexity index is 2500. The van der Waals surface area contributed by atoms with E-state index in [2.05, 4.69) is 226 Å². The average Bonchev–Trinajstić information content (AvgIpc) is 3.53. The SMILES string of the molecule is CN1C(=CC=CC=CC=CC=CC2=[N+](C)c3ccc4ccccc4c3C2(C)Cc2ccccc2)C(C)(Cc2ccccc2)c2c1ccc1ccccc21. The Morgan fingerprint density at radius 3 is 1.68 bits per heavy atom. The summed E-state index contributed by atoms with van der Waals surface area (Å²) in [7, 11) is 4.42. The zero-order valence-corrected chi connectivity index (χ0v) is 31.2. The molecule has 260 valence electrons. The zero-order chi connectivity index (χ0) is 36.4. The summed E-state index contributed by atoms with van der Waals surface area (Å²) < 4.78 is 2.38. The molecule has 8 rings (SSSR count). The lowest BCUT2D eigenvalue weighted by molar-refractivity contribution is -0.401. The first-order chi connectivity index (χ1) is 25.9. The number of anilines is 1. The van der Waals surface area contributed by atoms with Crippen molar-refractivity contribution in [3.8, 4) is 0 Å². The summed E-state index contributed by atoms with van der Waals surface area (Å²) in [5, 5.41) is 5.24. The Kier molecular flexibility index (Phi) is 9.14. The van der Waals surface area contributed by atoms with Gasteiger partial charge in [0, 0.05) is 41.6 Å². The highest BCUT2D eigenvalue weighted by Crippen LogP contribution is 2.52. The molecule has 0 amide bonds. The summed E-state index contributed by atoms with van der Waals surface area (Å²) >= 11 is 0. The molecule has 2 heteroatoms. The third kappa shape index (κ3) is 6.19. The van der Waals surface area contributed by atoms with Gasteiger partial charge in [-0.2, -0.15) is 4.58 Å². The largest absolute Gasteiger partial charge is 0.347 e. The lowest BCUT2D eigenvalue weighted by atomic mass is 9.73. The van der Waals surface area contributed by atoms with Crippen molar-refractivity contribution in [1.29, 1.82) is 0 Å². The molecular formula is C51H47N2+. The summed E-state index contributed by atoms with van der Waals surface area (Å²) in [6.07, 6.45) is 21.4. The van der Waals surface area contributed by atoms with E-state index < -0.39 is 0 Å². The van der Waals surface area contributed by atoms with E-state index in [0.717, 1.165) is 12.8 Å². The molecule has 2 nitrogen and oxygen atoms in total. The van der Waals surface area contributed by atoms with E-state index in [-0.39, 0.29) is 10.8 Å². The number of hydrogen-bond donors (Lipinski definition) is 0. The molecule has 0 saturated heterocycles.